The molecule has 4 nitrogen and oxygen atoms in total. The first kappa shape index (κ1) is 13.8. The summed E-state index contributed by atoms with van der Waals surface area (Å²) in [6.07, 6.45) is 0. The molecule has 0 saturated heterocycles. The maximum atomic E-state index is 12.2. The third-order valence-corrected chi connectivity index (χ3v) is 4.58. The first-order valence-corrected chi connectivity index (χ1v) is 7.33. The topological polar surface area (TPSA) is 63.4 Å². The van der Waals surface area contributed by atoms with Crippen LogP contribution in [0.15, 0.2) is 24.3 Å². The van der Waals surface area contributed by atoms with Gasteiger partial charge >= 0.3 is 0 Å². The van der Waals surface area contributed by atoms with Crippen LogP contribution < -0.4 is 10.0 Å². The van der Waals surface area contributed by atoms with E-state index in [1.54, 1.807) is 24.3 Å². The van der Waals surface area contributed by atoms with Crippen molar-refractivity contribution >= 4 is 21.4 Å². The maximum Gasteiger partial charge on any atom is 0.235 e. The highest BCUT2D eigenvalue weighted by Crippen LogP contribution is 2.20. The highest BCUT2D eigenvalue weighted by atomic mass is 32.2. The molecule has 1 rings (SSSR count). The quantitative estimate of drug-likeness (QED) is 0.820. The molecule has 1 aromatic carbocycles. The lowest BCUT2D eigenvalue weighted by Gasteiger charge is -2.23. The average Bonchev–Trinajstić information content (AvgIpc) is 2.19. The number of rotatable bonds is 5. The maximum absolute atomic E-state index is 12.2. The summed E-state index contributed by atoms with van der Waals surface area (Å²) >= 11 is 0. The Labute approximate surface area is 103 Å². The number of anilines is 2. The van der Waals surface area contributed by atoms with Crippen molar-refractivity contribution in [3.8, 4) is 0 Å². The van der Waals surface area contributed by atoms with E-state index in [4.69, 9.17) is 5.73 Å². The molecule has 5 heteroatoms. The second-order valence-corrected chi connectivity index (χ2v) is 6.37. The Morgan fingerprint density at radius 2 is 1.76 bits per heavy atom. The number of nitrogens with two attached hydrogens (primary N) is 1. The zero-order valence-corrected chi connectivity index (χ0v) is 11.4. The van der Waals surface area contributed by atoms with E-state index in [0.717, 1.165) is 0 Å². The Balaban J connectivity index is 3.03. The summed E-state index contributed by atoms with van der Waals surface area (Å²) in [5.74, 6) is 0.272. The molecule has 0 atom stereocenters. The molecular weight excluding hydrogens is 236 g/mol. The van der Waals surface area contributed by atoms with Crippen LogP contribution in [0.4, 0.5) is 11.4 Å². The zero-order chi connectivity index (χ0) is 13.1. The molecule has 1 aromatic rings. The van der Waals surface area contributed by atoms with Crippen LogP contribution in [0, 0.1) is 5.92 Å². The van der Waals surface area contributed by atoms with Crippen LogP contribution in [0.2, 0.25) is 0 Å². The smallest absolute Gasteiger partial charge is 0.235 e. The first-order chi connectivity index (χ1) is 7.86. The molecule has 0 fully saturated rings. The minimum Gasteiger partial charge on any atom is -0.399 e. The number of nitrogens with zero attached hydrogens (tertiary/aromatic N) is 1. The van der Waals surface area contributed by atoms with Gasteiger partial charge in [-0.15, -0.1) is 0 Å². The van der Waals surface area contributed by atoms with E-state index in [1.165, 1.54) is 4.31 Å². The minimum absolute atomic E-state index is 0.114. The SMILES string of the molecule is CCN(c1ccc(N)cc1)S(=O)(=O)CC(C)C. The minimum atomic E-state index is -3.25. The fraction of sp³-hybridized carbons (Fsp3) is 0.500. The van der Waals surface area contributed by atoms with Gasteiger partial charge in [-0.05, 0) is 37.1 Å². The number of hydrogen-bond donors (Lipinski definition) is 1. The molecule has 0 saturated carbocycles. The van der Waals surface area contributed by atoms with Crippen molar-refractivity contribution in [1.82, 2.24) is 0 Å². The van der Waals surface area contributed by atoms with Crippen molar-refractivity contribution in [2.75, 3.05) is 22.3 Å². The first-order valence-electron chi connectivity index (χ1n) is 5.72. The van der Waals surface area contributed by atoms with E-state index >= 15 is 0 Å². The molecule has 0 radical (unpaired) electrons. The molecule has 2 N–H and O–H groups in total. The summed E-state index contributed by atoms with van der Waals surface area (Å²) in [4.78, 5) is 0. The number of sulfonamides is 1. The van der Waals surface area contributed by atoms with Gasteiger partial charge in [0.1, 0.15) is 0 Å². The Morgan fingerprint density at radius 1 is 1.24 bits per heavy atom. The third-order valence-electron chi connectivity index (χ3n) is 2.35. The van der Waals surface area contributed by atoms with Crippen molar-refractivity contribution in [1.29, 1.82) is 0 Å². The van der Waals surface area contributed by atoms with E-state index in [9.17, 15) is 8.42 Å². The van der Waals surface area contributed by atoms with E-state index in [-0.39, 0.29) is 11.7 Å². The van der Waals surface area contributed by atoms with Crippen LogP contribution in [-0.4, -0.2) is 20.7 Å². The van der Waals surface area contributed by atoms with Crippen molar-refractivity contribution in [3.05, 3.63) is 24.3 Å². The summed E-state index contributed by atoms with van der Waals surface area (Å²) in [7, 11) is -3.25. The Kier molecular flexibility index (Phi) is 4.40. The van der Waals surface area contributed by atoms with E-state index in [0.29, 0.717) is 17.9 Å². The third kappa shape index (κ3) is 3.63. The number of hydrogen-bond acceptors (Lipinski definition) is 3. The predicted octanol–water partition coefficient (Wildman–Crippen LogP) is 2.08. The molecule has 0 unspecified atom stereocenters. The van der Waals surface area contributed by atoms with Gasteiger partial charge in [0.05, 0.1) is 11.4 Å². The monoisotopic (exact) mass is 256 g/mol. The second-order valence-electron chi connectivity index (χ2n) is 4.43. The van der Waals surface area contributed by atoms with Crippen LogP contribution in [-0.2, 0) is 10.0 Å². The van der Waals surface area contributed by atoms with Crippen molar-refractivity contribution < 1.29 is 8.42 Å². The van der Waals surface area contributed by atoms with Crippen molar-refractivity contribution in [2.24, 2.45) is 5.92 Å². The lowest BCUT2D eigenvalue weighted by atomic mass is 10.3. The van der Waals surface area contributed by atoms with Gasteiger partial charge in [0.15, 0.2) is 0 Å². The van der Waals surface area contributed by atoms with Gasteiger partial charge in [-0.2, -0.15) is 0 Å². The molecule has 0 amide bonds. The fourth-order valence-electron chi connectivity index (χ4n) is 1.69. The van der Waals surface area contributed by atoms with Crippen LogP contribution in [0.1, 0.15) is 20.8 Å². The molecule has 0 heterocycles. The van der Waals surface area contributed by atoms with E-state index < -0.39 is 10.0 Å². The molecule has 0 aliphatic carbocycles. The second kappa shape index (κ2) is 5.40. The van der Waals surface area contributed by atoms with E-state index in [1.807, 2.05) is 20.8 Å². The van der Waals surface area contributed by atoms with Gasteiger partial charge in [-0.25, -0.2) is 8.42 Å². The lowest BCUT2D eigenvalue weighted by Crippen LogP contribution is -2.34. The van der Waals surface area contributed by atoms with E-state index in [2.05, 4.69) is 0 Å². The van der Waals surface area contributed by atoms with Gasteiger partial charge < -0.3 is 5.73 Å². The van der Waals surface area contributed by atoms with Gasteiger partial charge in [-0.1, -0.05) is 13.8 Å². The zero-order valence-electron chi connectivity index (χ0n) is 10.6. The van der Waals surface area contributed by atoms with Gasteiger partial charge in [0, 0.05) is 12.2 Å². The predicted molar refractivity (Wildman–Crippen MR) is 72.5 cm³/mol. The van der Waals surface area contributed by atoms with Crippen LogP contribution >= 0.6 is 0 Å². The normalized spacial score (nSPS) is 11.8. The Hall–Kier alpha value is -1.23. The molecule has 0 spiro atoms. The van der Waals surface area contributed by atoms with Gasteiger partial charge in [0.2, 0.25) is 10.0 Å². The number of benzene rings is 1. The van der Waals surface area contributed by atoms with Crippen LogP contribution in [0.3, 0.4) is 0 Å². The van der Waals surface area contributed by atoms with Crippen LogP contribution in [0.25, 0.3) is 0 Å². The molecule has 0 aliphatic heterocycles. The molecule has 96 valence electrons. The molecule has 0 aromatic heterocycles. The molecule has 0 bridgehead atoms. The standard InChI is InChI=1S/C12H20N2O2S/c1-4-14(17(15,16)9-10(2)3)12-7-5-11(13)6-8-12/h5-8,10H,4,9,13H2,1-3H3. The van der Waals surface area contributed by atoms with Gasteiger partial charge in [-0.3, -0.25) is 4.31 Å². The highest BCUT2D eigenvalue weighted by Gasteiger charge is 2.21. The molecule has 0 aliphatic rings. The summed E-state index contributed by atoms with van der Waals surface area (Å²) in [6, 6.07) is 6.89. The van der Waals surface area contributed by atoms with Crippen molar-refractivity contribution in [2.45, 2.75) is 20.8 Å². The Bertz CT molecular complexity index is 452. The summed E-state index contributed by atoms with van der Waals surface area (Å²) in [6.45, 7) is 6.05. The molecular formula is C12H20N2O2S. The van der Waals surface area contributed by atoms with Crippen LogP contribution in [0.5, 0.6) is 0 Å². The van der Waals surface area contributed by atoms with Crippen molar-refractivity contribution in [3.63, 3.8) is 0 Å². The summed E-state index contributed by atoms with van der Waals surface area (Å²) in [5.41, 5.74) is 6.89. The fourth-order valence-corrected chi connectivity index (χ4v) is 3.55. The summed E-state index contributed by atoms with van der Waals surface area (Å²) in [5, 5.41) is 0. The highest BCUT2D eigenvalue weighted by molar-refractivity contribution is 7.92. The summed E-state index contributed by atoms with van der Waals surface area (Å²) < 4.78 is 25.7. The molecule has 17 heavy (non-hydrogen) atoms. The largest absolute Gasteiger partial charge is 0.399 e. The lowest BCUT2D eigenvalue weighted by molar-refractivity contribution is 0.578. The average molecular weight is 256 g/mol. The van der Waals surface area contributed by atoms with Gasteiger partial charge in [0.25, 0.3) is 0 Å². The number of nitrogen functional groups attached to an aromatic ring is 1. The Morgan fingerprint density at radius 3 is 2.18 bits per heavy atom.